The van der Waals surface area contributed by atoms with Crippen molar-refractivity contribution in [1.82, 2.24) is 0 Å². The standard InChI is InChI=1S/C14H15FN2O4S2/c1-21-6-13(18)16-14-17(10-5-3-2-4-9(10)15)11-7-23(19,20)8-12(11)22-14/h2-5,11-12H,6-8H2,1H3/t11-,12-/m0/s1. The molecule has 0 radical (unpaired) electrons. The second-order valence-electron chi connectivity index (χ2n) is 5.34. The highest BCUT2D eigenvalue weighted by Crippen LogP contribution is 2.41. The van der Waals surface area contributed by atoms with Crippen molar-refractivity contribution in [3.05, 3.63) is 30.1 Å². The highest BCUT2D eigenvalue weighted by Gasteiger charge is 2.49. The van der Waals surface area contributed by atoms with Gasteiger partial charge in [-0.05, 0) is 12.1 Å². The third-order valence-corrected chi connectivity index (χ3v) is 6.88. The summed E-state index contributed by atoms with van der Waals surface area (Å²) in [6.07, 6.45) is 0. The van der Waals surface area contributed by atoms with E-state index < -0.39 is 27.6 Å². The van der Waals surface area contributed by atoms with E-state index in [0.29, 0.717) is 5.17 Å². The molecule has 1 aromatic carbocycles. The summed E-state index contributed by atoms with van der Waals surface area (Å²) in [7, 11) is -1.79. The molecule has 0 aromatic heterocycles. The number of ether oxygens (including phenoxy) is 1. The van der Waals surface area contributed by atoms with Gasteiger partial charge in [0.05, 0.1) is 23.2 Å². The lowest BCUT2D eigenvalue weighted by Crippen LogP contribution is -2.38. The summed E-state index contributed by atoms with van der Waals surface area (Å²) >= 11 is 1.20. The maximum Gasteiger partial charge on any atom is 0.274 e. The van der Waals surface area contributed by atoms with Gasteiger partial charge >= 0.3 is 0 Å². The van der Waals surface area contributed by atoms with Crippen molar-refractivity contribution in [2.24, 2.45) is 4.99 Å². The van der Waals surface area contributed by atoms with E-state index in [2.05, 4.69) is 4.99 Å². The third kappa shape index (κ3) is 3.26. The number of nitrogens with zero attached hydrogens (tertiary/aromatic N) is 2. The Kier molecular flexibility index (Phi) is 4.43. The lowest BCUT2D eigenvalue weighted by atomic mass is 10.2. The number of halogens is 1. The summed E-state index contributed by atoms with van der Waals surface area (Å²) in [5.41, 5.74) is 0.230. The van der Waals surface area contributed by atoms with Gasteiger partial charge in [-0.3, -0.25) is 4.79 Å². The summed E-state index contributed by atoms with van der Waals surface area (Å²) < 4.78 is 42.7. The molecule has 2 aliphatic heterocycles. The number of fused-ring (bicyclic) bond motifs is 1. The molecule has 9 heteroatoms. The normalized spacial score (nSPS) is 27.4. The van der Waals surface area contributed by atoms with Gasteiger partial charge in [-0.25, -0.2) is 12.8 Å². The van der Waals surface area contributed by atoms with E-state index in [-0.39, 0.29) is 29.0 Å². The molecule has 1 amide bonds. The molecular formula is C14H15FN2O4S2. The molecule has 0 N–H and O–H groups in total. The van der Waals surface area contributed by atoms with Crippen LogP contribution in [0.2, 0.25) is 0 Å². The van der Waals surface area contributed by atoms with Gasteiger partial charge < -0.3 is 9.64 Å². The number of sulfone groups is 1. The van der Waals surface area contributed by atoms with Gasteiger partial charge in [0.25, 0.3) is 5.91 Å². The van der Waals surface area contributed by atoms with E-state index in [0.717, 1.165) is 0 Å². The number of carbonyl (C=O) groups is 1. The molecular weight excluding hydrogens is 343 g/mol. The number of carbonyl (C=O) groups excluding carboxylic acids is 1. The smallest absolute Gasteiger partial charge is 0.274 e. The summed E-state index contributed by atoms with van der Waals surface area (Å²) in [6, 6.07) is 5.65. The van der Waals surface area contributed by atoms with Crippen LogP contribution >= 0.6 is 11.8 Å². The Morgan fingerprint density at radius 1 is 1.43 bits per heavy atom. The van der Waals surface area contributed by atoms with Crippen LogP contribution < -0.4 is 4.90 Å². The van der Waals surface area contributed by atoms with Crippen molar-refractivity contribution in [2.75, 3.05) is 30.1 Å². The van der Waals surface area contributed by atoms with Gasteiger partial charge in [-0.1, -0.05) is 23.9 Å². The molecule has 2 saturated heterocycles. The highest BCUT2D eigenvalue weighted by atomic mass is 32.2. The lowest BCUT2D eigenvalue weighted by molar-refractivity contribution is -0.121. The summed E-state index contributed by atoms with van der Waals surface area (Å²) in [4.78, 5) is 17.2. The predicted octanol–water partition coefficient (Wildman–Crippen LogP) is 1.07. The zero-order chi connectivity index (χ0) is 16.6. The number of thioether (sulfide) groups is 1. The molecule has 2 atom stereocenters. The fraction of sp³-hybridized carbons (Fsp3) is 0.429. The Morgan fingerprint density at radius 2 is 2.17 bits per heavy atom. The number of methoxy groups -OCH3 is 1. The number of amidine groups is 1. The first kappa shape index (κ1) is 16.4. The quantitative estimate of drug-likeness (QED) is 0.805. The van der Waals surface area contributed by atoms with E-state index in [1.165, 1.54) is 29.8 Å². The van der Waals surface area contributed by atoms with Gasteiger partial charge in [0.15, 0.2) is 15.0 Å². The third-order valence-electron chi connectivity index (χ3n) is 3.67. The van der Waals surface area contributed by atoms with Crippen LogP contribution in [0.3, 0.4) is 0 Å². The first-order valence-corrected chi connectivity index (χ1v) is 9.62. The summed E-state index contributed by atoms with van der Waals surface area (Å²) in [6.45, 7) is -0.178. The van der Waals surface area contributed by atoms with E-state index in [9.17, 15) is 17.6 Å². The SMILES string of the molecule is COCC(=O)N=C1S[C@H]2CS(=O)(=O)C[C@@H]2N1c1ccccc1F. The van der Waals surface area contributed by atoms with E-state index >= 15 is 0 Å². The highest BCUT2D eigenvalue weighted by molar-refractivity contribution is 8.16. The van der Waals surface area contributed by atoms with Gasteiger partial charge in [-0.15, -0.1) is 0 Å². The molecule has 2 aliphatic rings. The fourth-order valence-electron chi connectivity index (χ4n) is 2.76. The number of hydrogen-bond acceptors (Lipinski definition) is 5. The van der Waals surface area contributed by atoms with Crippen LogP contribution in [0.25, 0.3) is 0 Å². The number of aliphatic imine (C=N–C) groups is 1. The minimum absolute atomic E-state index is 0.00474. The number of benzene rings is 1. The van der Waals surface area contributed by atoms with Crippen molar-refractivity contribution in [3.8, 4) is 0 Å². The van der Waals surface area contributed by atoms with Crippen LogP contribution in [0.4, 0.5) is 10.1 Å². The van der Waals surface area contributed by atoms with Crippen molar-refractivity contribution in [1.29, 1.82) is 0 Å². The largest absolute Gasteiger partial charge is 0.375 e. The Labute approximate surface area is 137 Å². The Morgan fingerprint density at radius 3 is 2.87 bits per heavy atom. The van der Waals surface area contributed by atoms with Crippen molar-refractivity contribution in [3.63, 3.8) is 0 Å². The van der Waals surface area contributed by atoms with Crippen LogP contribution in [0, 0.1) is 5.82 Å². The zero-order valence-corrected chi connectivity index (χ0v) is 13.9. The molecule has 124 valence electrons. The molecule has 0 spiro atoms. The Bertz CT molecular complexity index is 766. The summed E-state index contributed by atoms with van der Waals surface area (Å²) in [5.74, 6) is -1.04. The van der Waals surface area contributed by atoms with Gasteiger partial charge in [0, 0.05) is 12.4 Å². The molecule has 0 bridgehead atoms. The monoisotopic (exact) mass is 358 g/mol. The number of anilines is 1. The molecule has 0 unspecified atom stereocenters. The molecule has 6 nitrogen and oxygen atoms in total. The van der Waals surface area contributed by atoms with Gasteiger partial charge in [-0.2, -0.15) is 4.99 Å². The van der Waals surface area contributed by atoms with Crippen LogP contribution in [-0.2, 0) is 19.4 Å². The first-order valence-electron chi connectivity index (χ1n) is 6.92. The second-order valence-corrected chi connectivity index (χ2v) is 8.70. The van der Waals surface area contributed by atoms with Crippen molar-refractivity contribution >= 4 is 38.4 Å². The molecule has 1 aromatic rings. The molecule has 0 saturated carbocycles. The minimum Gasteiger partial charge on any atom is -0.375 e. The van der Waals surface area contributed by atoms with E-state index in [1.54, 1.807) is 18.2 Å². The number of hydrogen-bond donors (Lipinski definition) is 0. The molecule has 2 fully saturated rings. The average molecular weight is 358 g/mol. The van der Waals surface area contributed by atoms with Gasteiger partial charge in [0.2, 0.25) is 0 Å². The van der Waals surface area contributed by atoms with Crippen molar-refractivity contribution in [2.45, 2.75) is 11.3 Å². The molecule has 23 heavy (non-hydrogen) atoms. The predicted molar refractivity (Wildman–Crippen MR) is 87.0 cm³/mol. The van der Waals surface area contributed by atoms with Crippen LogP contribution in [-0.4, -0.2) is 56.0 Å². The topological polar surface area (TPSA) is 76.0 Å². The number of para-hydroxylation sites is 1. The van der Waals surface area contributed by atoms with Crippen molar-refractivity contribution < 1.29 is 22.3 Å². The Balaban J connectivity index is 2.01. The average Bonchev–Trinajstić information content (AvgIpc) is 2.91. The summed E-state index contributed by atoms with van der Waals surface area (Å²) in [5, 5.41) is 0.0655. The molecule has 2 heterocycles. The number of amides is 1. The molecule has 0 aliphatic carbocycles. The second kappa shape index (κ2) is 6.21. The lowest BCUT2D eigenvalue weighted by Gasteiger charge is -2.24. The fourth-order valence-corrected chi connectivity index (χ4v) is 6.68. The van der Waals surface area contributed by atoms with Crippen LogP contribution in [0.15, 0.2) is 29.3 Å². The Hall–Kier alpha value is -1.45. The maximum absolute atomic E-state index is 14.2. The first-order chi connectivity index (χ1) is 10.9. The van der Waals surface area contributed by atoms with E-state index in [1.807, 2.05) is 0 Å². The van der Waals surface area contributed by atoms with Crippen LogP contribution in [0.1, 0.15) is 0 Å². The van der Waals surface area contributed by atoms with E-state index in [4.69, 9.17) is 4.74 Å². The zero-order valence-electron chi connectivity index (χ0n) is 12.3. The van der Waals surface area contributed by atoms with Crippen LogP contribution in [0.5, 0.6) is 0 Å². The number of rotatable bonds is 3. The minimum atomic E-state index is -3.17. The van der Waals surface area contributed by atoms with Gasteiger partial charge in [0.1, 0.15) is 12.4 Å². The molecule has 3 rings (SSSR count). The maximum atomic E-state index is 14.2.